The Labute approximate surface area is 135 Å². The van der Waals surface area contributed by atoms with Crippen molar-refractivity contribution in [1.29, 1.82) is 0 Å². The number of methoxy groups -OCH3 is 1. The number of hydrogen-bond donors (Lipinski definition) is 0. The predicted molar refractivity (Wildman–Crippen MR) is 90.8 cm³/mol. The summed E-state index contributed by atoms with van der Waals surface area (Å²) in [5, 5.41) is 0. The third-order valence-electron chi connectivity index (χ3n) is 3.71. The minimum atomic E-state index is -0.271. The van der Waals surface area contributed by atoms with Crippen LogP contribution in [0.15, 0.2) is 18.2 Å². The van der Waals surface area contributed by atoms with Crippen molar-refractivity contribution in [1.82, 2.24) is 0 Å². The lowest BCUT2D eigenvalue weighted by Crippen LogP contribution is -2.20. The van der Waals surface area contributed by atoms with E-state index in [0.717, 1.165) is 29.9 Å². The van der Waals surface area contributed by atoms with Crippen LogP contribution in [0.3, 0.4) is 0 Å². The Morgan fingerprint density at radius 1 is 1.14 bits per heavy atom. The minimum Gasteiger partial charge on any atom is -0.493 e. The van der Waals surface area contributed by atoms with E-state index in [9.17, 15) is 4.79 Å². The van der Waals surface area contributed by atoms with E-state index in [0.29, 0.717) is 13.0 Å². The standard InChI is InChI=1S/C19H30O3/c1-6-7-8-13-22-16-11-9-15(14-17(16)21-5)10-12-18(20)19(2,3)4/h9,11,14H,6-8,10,12-13H2,1-5H3. The van der Waals surface area contributed by atoms with Crippen LogP contribution in [0, 0.1) is 5.41 Å². The van der Waals surface area contributed by atoms with Crippen LogP contribution in [0.4, 0.5) is 0 Å². The summed E-state index contributed by atoms with van der Waals surface area (Å²) in [7, 11) is 1.65. The van der Waals surface area contributed by atoms with Crippen molar-refractivity contribution >= 4 is 5.78 Å². The highest BCUT2D eigenvalue weighted by molar-refractivity contribution is 5.83. The first-order valence-electron chi connectivity index (χ1n) is 8.21. The summed E-state index contributed by atoms with van der Waals surface area (Å²) in [6.45, 7) is 8.77. The van der Waals surface area contributed by atoms with Crippen molar-refractivity contribution in [3.63, 3.8) is 0 Å². The molecule has 0 spiro atoms. The molecule has 0 aromatic heterocycles. The second-order valence-electron chi connectivity index (χ2n) is 6.71. The molecule has 1 rings (SSSR count). The van der Waals surface area contributed by atoms with E-state index in [2.05, 4.69) is 6.92 Å². The van der Waals surface area contributed by atoms with E-state index in [1.165, 1.54) is 12.8 Å². The zero-order chi connectivity index (χ0) is 16.6. The summed E-state index contributed by atoms with van der Waals surface area (Å²) in [5.74, 6) is 1.81. The fraction of sp³-hybridized carbons (Fsp3) is 0.632. The van der Waals surface area contributed by atoms with Crippen LogP contribution in [0.1, 0.15) is 58.9 Å². The summed E-state index contributed by atoms with van der Waals surface area (Å²) in [4.78, 5) is 12.0. The Bertz CT molecular complexity index is 472. The van der Waals surface area contributed by atoms with E-state index in [1.807, 2.05) is 39.0 Å². The molecular formula is C19H30O3. The van der Waals surface area contributed by atoms with Crippen LogP contribution >= 0.6 is 0 Å². The zero-order valence-corrected chi connectivity index (χ0v) is 14.7. The average Bonchev–Trinajstić information content (AvgIpc) is 2.48. The highest BCUT2D eigenvalue weighted by Gasteiger charge is 2.20. The number of ketones is 1. The molecule has 1 aromatic rings. The van der Waals surface area contributed by atoms with Crippen LogP contribution in [0.25, 0.3) is 0 Å². The fourth-order valence-electron chi connectivity index (χ4n) is 2.15. The van der Waals surface area contributed by atoms with E-state index in [-0.39, 0.29) is 11.2 Å². The summed E-state index contributed by atoms with van der Waals surface area (Å²) in [6, 6.07) is 5.94. The van der Waals surface area contributed by atoms with Crippen molar-refractivity contribution in [2.45, 2.75) is 59.8 Å². The Hall–Kier alpha value is -1.51. The molecule has 3 nitrogen and oxygen atoms in total. The van der Waals surface area contributed by atoms with Crippen LogP contribution in [-0.2, 0) is 11.2 Å². The highest BCUT2D eigenvalue weighted by atomic mass is 16.5. The maximum Gasteiger partial charge on any atom is 0.161 e. The highest BCUT2D eigenvalue weighted by Crippen LogP contribution is 2.29. The molecule has 0 aliphatic heterocycles. The Morgan fingerprint density at radius 3 is 2.45 bits per heavy atom. The van der Waals surface area contributed by atoms with Gasteiger partial charge < -0.3 is 9.47 Å². The minimum absolute atomic E-state index is 0.271. The molecule has 0 N–H and O–H groups in total. The van der Waals surface area contributed by atoms with Gasteiger partial charge in [0.2, 0.25) is 0 Å². The van der Waals surface area contributed by atoms with Gasteiger partial charge in [-0.1, -0.05) is 46.6 Å². The smallest absolute Gasteiger partial charge is 0.161 e. The first-order valence-corrected chi connectivity index (χ1v) is 8.21. The van der Waals surface area contributed by atoms with Gasteiger partial charge in [0.05, 0.1) is 13.7 Å². The summed E-state index contributed by atoms with van der Waals surface area (Å²) >= 11 is 0. The van der Waals surface area contributed by atoms with Gasteiger partial charge in [-0.15, -0.1) is 0 Å². The molecule has 0 amide bonds. The number of hydrogen-bond acceptors (Lipinski definition) is 3. The van der Waals surface area contributed by atoms with Gasteiger partial charge in [-0.05, 0) is 30.5 Å². The molecule has 0 bridgehead atoms. The molecular weight excluding hydrogens is 276 g/mol. The molecule has 0 radical (unpaired) electrons. The van der Waals surface area contributed by atoms with Gasteiger partial charge in [-0.25, -0.2) is 0 Å². The second kappa shape index (κ2) is 8.82. The quantitative estimate of drug-likeness (QED) is 0.614. The lowest BCUT2D eigenvalue weighted by atomic mass is 9.87. The van der Waals surface area contributed by atoms with E-state index >= 15 is 0 Å². The van der Waals surface area contributed by atoms with Crippen LogP contribution in [0.2, 0.25) is 0 Å². The molecule has 0 atom stereocenters. The molecule has 0 aliphatic rings. The SMILES string of the molecule is CCCCCOc1ccc(CCC(=O)C(C)(C)C)cc1OC. The second-order valence-corrected chi connectivity index (χ2v) is 6.71. The van der Waals surface area contributed by atoms with Gasteiger partial charge in [0.1, 0.15) is 5.78 Å². The Balaban J connectivity index is 2.62. The van der Waals surface area contributed by atoms with Gasteiger partial charge in [-0.2, -0.15) is 0 Å². The van der Waals surface area contributed by atoms with E-state index in [1.54, 1.807) is 7.11 Å². The number of carbonyl (C=O) groups excluding carboxylic acids is 1. The molecule has 124 valence electrons. The van der Waals surface area contributed by atoms with Crippen molar-refractivity contribution < 1.29 is 14.3 Å². The molecule has 22 heavy (non-hydrogen) atoms. The molecule has 0 fully saturated rings. The summed E-state index contributed by atoms with van der Waals surface area (Å²) in [6.07, 6.45) is 4.71. The number of aryl methyl sites for hydroxylation is 1. The number of ether oxygens (including phenoxy) is 2. The number of benzene rings is 1. The van der Waals surface area contributed by atoms with Crippen molar-refractivity contribution in [2.24, 2.45) is 5.41 Å². The van der Waals surface area contributed by atoms with Crippen LogP contribution in [-0.4, -0.2) is 19.5 Å². The zero-order valence-electron chi connectivity index (χ0n) is 14.7. The Morgan fingerprint density at radius 2 is 1.86 bits per heavy atom. The van der Waals surface area contributed by atoms with Crippen molar-refractivity contribution in [3.8, 4) is 11.5 Å². The largest absolute Gasteiger partial charge is 0.493 e. The molecule has 0 aliphatic carbocycles. The normalized spacial score (nSPS) is 11.3. The topological polar surface area (TPSA) is 35.5 Å². The lowest BCUT2D eigenvalue weighted by molar-refractivity contribution is -0.126. The van der Waals surface area contributed by atoms with Gasteiger partial charge >= 0.3 is 0 Å². The monoisotopic (exact) mass is 306 g/mol. The van der Waals surface area contributed by atoms with Crippen LogP contribution < -0.4 is 9.47 Å². The molecule has 0 heterocycles. The number of carbonyl (C=O) groups is 1. The third-order valence-corrected chi connectivity index (χ3v) is 3.71. The summed E-state index contributed by atoms with van der Waals surface area (Å²) in [5.41, 5.74) is 0.835. The van der Waals surface area contributed by atoms with Crippen molar-refractivity contribution in [2.75, 3.05) is 13.7 Å². The predicted octanol–water partition coefficient (Wildman–Crippen LogP) is 4.81. The maximum absolute atomic E-state index is 12.0. The number of Topliss-reactive ketones (excluding diaryl/α,β-unsaturated/α-hetero) is 1. The molecule has 0 unspecified atom stereocenters. The van der Waals surface area contributed by atoms with Gasteiger partial charge in [-0.3, -0.25) is 4.79 Å². The molecule has 3 heteroatoms. The summed E-state index contributed by atoms with van der Waals surface area (Å²) < 4.78 is 11.2. The van der Waals surface area contributed by atoms with Gasteiger partial charge in [0, 0.05) is 11.8 Å². The first-order chi connectivity index (χ1) is 10.4. The molecule has 0 saturated carbocycles. The van der Waals surface area contributed by atoms with Crippen LogP contribution in [0.5, 0.6) is 11.5 Å². The molecule has 0 saturated heterocycles. The maximum atomic E-state index is 12.0. The first kappa shape index (κ1) is 18.5. The van der Waals surface area contributed by atoms with Gasteiger partial charge in [0.15, 0.2) is 11.5 Å². The third kappa shape index (κ3) is 6.08. The van der Waals surface area contributed by atoms with Crippen molar-refractivity contribution in [3.05, 3.63) is 23.8 Å². The lowest BCUT2D eigenvalue weighted by Gasteiger charge is -2.17. The number of rotatable bonds is 9. The molecule has 1 aromatic carbocycles. The average molecular weight is 306 g/mol. The fourth-order valence-corrected chi connectivity index (χ4v) is 2.15. The number of unbranched alkanes of at least 4 members (excludes halogenated alkanes) is 2. The van der Waals surface area contributed by atoms with E-state index < -0.39 is 0 Å². The van der Waals surface area contributed by atoms with E-state index in [4.69, 9.17) is 9.47 Å². The Kier molecular flexibility index (Phi) is 7.43. The van der Waals surface area contributed by atoms with Gasteiger partial charge in [0.25, 0.3) is 0 Å².